The third-order valence-electron chi connectivity index (χ3n) is 2.53. The van der Waals surface area contributed by atoms with E-state index in [0.717, 1.165) is 19.4 Å². The molecule has 0 saturated carbocycles. The van der Waals surface area contributed by atoms with Crippen molar-refractivity contribution < 1.29 is 9.53 Å². The number of carbonyl (C=O) groups is 1. The molecule has 0 aromatic carbocycles. The summed E-state index contributed by atoms with van der Waals surface area (Å²) in [5.41, 5.74) is 0.597. The quantitative estimate of drug-likeness (QED) is 0.493. The molecule has 2 saturated heterocycles. The highest BCUT2D eigenvalue weighted by Gasteiger charge is 2.32. The van der Waals surface area contributed by atoms with Gasteiger partial charge in [0.1, 0.15) is 0 Å². The van der Waals surface area contributed by atoms with Crippen molar-refractivity contribution in [3.8, 4) is 0 Å². The maximum atomic E-state index is 11.6. The first kappa shape index (κ1) is 7.80. The minimum atomic E-state index is 0.0926. The summed E-state index contributed by atoms with van der Waals surface area (Å²) >= 11 is 0. The maximum absolute atomic E-state index is 11.6. The minimum Gasteiger partial charge on any atom is -0.374 e. The van der Waals surface area contributed by atoms with Gasteiger partial charge in [-0.15, -0.1) is 0 Å². The van der Waals surface area contributed by atoms with E-state index in [-0.39, 0.29) is 5.91 Å². The van der Waals surface area contributed by atoms with E-state index in [1.165, 1.54) is 0 Å². The molecule has 2 fully saturated rings. The lowest BCUT2D eigenvalue weighted by Gasteiger charge is -2.20. The van der Waals surface area contributed by atoms with Gasteiger partial charge in [0.05, 0.1) is 19.3 Å². The Morgan fingerprint density at radius 2 is 2.42 bits per heavy atom. The van der Waals surface area contributed by atoms with Gasteiger partial charge in [0.25, 0.3) is 5.91 Å². The first-order valence-corrected chi connectivity index (χ1v) is 4.35. The van der Waals surface area contributed by atoms with Crippen LogP contribution in [0.5, 0.6) is 0 Å². The Hall–Kier alpha value is -0.830. The summed E-state index contributed by atoms with van der Waals surface area (Å²) in [5, 5.41) is 0. The molecule has 1 amide bonds. The van der Waals surface area contributed by atoms with E-state index in [1.807, 2.05) is 4.90 Å². The molecule has 2 heterocycles. The maximum Gasteiger partial charge on any atom is 0.251 e. The van der Waals surface area contributed by atoms with Crippen LogP contribution in [0.25, 0.3) is 0 Å². The Labute approximate surface area is 72.0 Å². The Kier molecular flexibility index (Phi) is 1.89. The van der Waals surface area contributed by atoms with Gasteiger partial charge in [-0.2, -0.15) is 0 Å². The van der Waals surface area contributed by atoms with Crippen molar-refractivity contribution in [1.82, 2.24) is 4.90 Å². The van der Waals surface area contributed by atoms with Gasteiger partial charge in [0, 0.05) is 12.1 Å². The lowest BCUT2D eigenvalue weighted by molar-refractivity contribution is -0.127. The number of hydrogen-bond acceptors (Lipinski definition) is 2. The second kappa shape index (κ2) is 2.90. The van der Waals surface area contributed by atoms with E-state index in [0.29, 0.717) is 24.8 Å². The van der Waals surface area contributed by atoms with Crippen molar-refractivity contribution >= 4 is 5.91 Å². The van der Waals surface area contributed by atoms with Crippen molar-refractivity contribution in [1.29, 1.82) is 0 Å². The molecule has 2 rings (SSSR count). The molecule has 12 heavy (non-hydrogen) atoms. The van der Waals surface area contributed by atoms with Crippen molar-refractivity contribution in [2.24, 2.45) is 0 Å². The SMILES string of the molecule is C=C1COC[C@@H]2CCCN2C1=O. The normalized spacial score (nSPS) is 30.3. The summed E-state index contributed by atoms with van der Waals surface area (Å²) in [6.07, 6.45) is 2.19. The van der Waals surface area contributed by atoms with E-state index in [1.54, 1.807) is 0 Å². The van der Waals surface area contributed by atoms with Crippen LogP contribution in [0.3, 0.4) is 0 Å². The predicted octanol–water partition coefficient (Wildman–Crippen LogP) is 0.564. The molecule has 0 radical (unpaired) electrons. The monoisotopic (exact) mass is 167 g/mol. The zero-order valence-electron chi connectivity index (χ0n) is 7.08. The highest BCUT2D eigenvalue weighted by atomic mass is 16.5. The second-order valence-corrected chi connectivity index (χ2v) is 3.41. The number of hydrogen-bond donors (Lipinski definition) is 0. The number of rotatable bonds is 0. The van der Waals surface area contributed by atoms with Crippen LogP contribution in [0, 0.1) is 0 Å². The molecule has 2 aliphatic heterocycles. The average Bonchev–Trinajstić information content (AvgIpc) is 2.46. The summed E-state index contributed by atoms with van der Waals surface area (Å²) in [4.78, 5) is 13.5. The van der Waals surface area contributed by atoms with Gasteiger partial charge < -0.3 is 9.64 Å². The predicted molar refractivity (Wildman–Crippen MR) is 44.7 cm³/mol. The fourth-order valence-electron chi connectivity index (χ4n) is 1.86. The van der Waals surface area contributed by atoms with Crippen molar-refractivity contribution in [3.63, 3.8) is 0 Å². The van der Waals surface area contributed by atoms with Gasteiger partial charge in [0.15, 0.2) is 0 Å². The number of carbonyl (C=O) groups excluding carboxylic acids is 1. The minimum absolute atomic E-state index is 0.0926. The summed E-state index contributed by atoms with van der Waals surface area (Å²) in [6, 6.07) is 0.316. The molecule has 2 aliphatic rings. The van der Waals surface area contributed by atoms with Crippen LogP contribution in [-0.2, 0) is 9.53 Å². The van der Waals surface area contributed by atoms with Gasteiger partial charge in [-0.05, 0) is 12.8 Å². The number of ether oxygens (including phenoxy) is 1. The first-order valence-electron chi connectivity index (χ1n) is 4.35. The van der Waals surface area contributed by atoms with E-state index in [9.17, 15) is 4.79 Å². The lowest BCUT2D eigenvalue weighted by atomic mass is 10.2. The van der Waals surface area contributed by atoms with Crippen molar-refractivity contribution in [2.75, 3.05) is 19.8 Å². The van der Waals surface area contributed by atoms with E-state index >= 15 is 0 Å². The highest BCUT2D eigenvalue weighted by molar-refractivity contribution is 5.93. The summed E-state index contributed by atoms with van der Waals surface area (Å²) in [6.45, 7) is 5.67. The molecular weight excluding hydrogens is 154 g/mol. The van der Waals surface area contributed by atoms with E-state index in [4.69, 9.17) is 4.74 Å². The fourth-order valence-corrected chi connectivity index (χ4v) is 1.86. The van der Waals surface area contributed by atoms with Gasteiger partial charge >= 0.3 is 0 Å². The Bertz CT molecular complexity index is 225. The Morgan fingerprint density at radius 1 is 1.58 bits per heavy atom. The molecule has 3 nitrogen and oxygen atoms in total. The third-order valence-corrected chi connectivity index (χ3v) is 2.53. The van der Waals surface area contributed by atoms with Gasteiger partial charge in [-0.1, -0.05) is 6.58 Å². The average molecular weight is 167 g/mol. The van der Waals surface area contributed by atoms with Crippen LogP contribution < -0.4 is 0 Å². The highest BCUT2D eigenvalue weighted by Crippen LogP contribution is 2.22. The molecular formula is C9H13NO2. The molecule has 0 bridgehead atoms. The second-order valence-electron chi connectivity index (χ2n) is 3.41. The molecule has 66 valence electrons. The largest absolute Gasteiger partial charge is 0.374 e. The molecule has 1 atom stereocenters. The summed E-state index contributed by atoms with van der Waals surface area (Å²) < 4.78 is 5.33. The van der Waals surface area contributed by atoms with E-state index in [2.05, 4.69) is 6.58 Å². The Morgan fingerprint density at radius 3 is 3.25 bits per heavy atom. The van der Waals surface area contributed by atoms with Gasteiger partial charge in [-0.3, -0.25) is 4.79 Å². The van der Waals surface area contributed by atoms with Gasteiger partial charge in [-0.25, -0.2) is 0 Å². The molecule has 0 aromatic rings. The van der Waals surface area contributed by atoms with E-state index < -0.39 is 0 Å². The molecule has 0 aliphatic carbocycles. The fraction of sp³-hybridized carbons (Fsp3) is 0.667. The van der Waals surface area contributed by atoms with Crippen LogP contribution >= 0.6 is 0 Å². The molecule has 0 aromatic heterocycles. The molecule has 0 N–H and O–H groups in total. The number of nitrogens with zero attached hydrogens (tertiary/aromatic N) is 1. The standard InChI is InChI=1S/C9H13NO2/c1-7-5-12-6-8-3-2-4-10(8)9(7)11/h8H,1-6H2/t8-/m0/s1. The van der Waals surface area contributed by atoms with Crippen LogP contribution in [0.1, 0.15) is 12.8 Å². The molecule has 3 heteroatoms. The summed E-state index contributed by atoms with van der Waals surface area (Å²) in [5.74, 6) is 0.0926. The van der Waals surface area contributed by atoms with Gasteiger partial charge in [0.2, 0.25) is 0 Å². The zero-order valence-corrected chi connectivity index (χ0v) is 7.08. The summed E-state index contributed by atoms with van der Waals surface area (Å²) in [7, 11) is 0. The van der Waals surface area contributed by atoms with Crippen LogP contribution in [0.15, 0.2) is 12.2 Å². The van der Waals surface area contributed by atoms with Crippen LogP contribution in [0.2, 0.25) is 0 Å². The topological polar surface area (TPSA) is 29.5 Å². The van der Waals surface area contributed by atoms with Crippen molar-refractivity contribution in [3.05, 3.63) is 12.2 Å². The third kappa shape index (κ3) is 1.14. The zero-order chi connectivity index (χ0) is 8.55. The smallest absolute Gasteiger partial charge is 0.251 e. The van der Waals surface area contributed by atoms with Crippen LogP contribution in [0.4, 0.5) is 0 Å². The molecule has 0 spiro atoms. The first-order chi connectivity index (χ1) is 5.79. The lowest BCUT2D eigenvalue weighted by Crippen LogP contribution is -2.36. The van der Waals surface area contributed by atoms with Crippen molar-refractivity contribution in [2.45, 2.75) is 18.9 Å². The molecule has 0 unspecified atom stereocenters. The number of amides is 1. The van der Waals surface area contributed by atoms with Crippen LogP contribution in [-0.4, -0.2) is 36.6 Å². The number of fused-ring (bicyclic) bond motifs is 1. The Balaban J connectivity index is 2.18.